The SMILES string of the molecule is COCc1cc(NC2Sc3ncccc3C(C)CC2C)nc(NCCNC(=O)OC)n1. The summed E-state index contributed by atoms with van der Waals surface area (Å²) in [4.78, 5) is 24.9. The van der Waals surface area contributed by atoms with Gasteiger partial charge in [-0.15, -0.1) is 0 Å². The molecule has 0 spiro atoms. The van der Waals surface area contributed by atoms with Crippen LogP contribution in [0.15, 0.2) is 29.4 Å². The number of nitrogens with one attached hydrogen (secondary N) is 3. The van der Waals surface area contributed by atoms with Gasteiger partial charge in [0.15, 0.2) is 0 Å². The highest BCUT2D eigenvalue weighted by Crippen LogP contribution is 2.41. The van der Waals surface area contributed by atoms with Gasteiger partial charge >= 0.3 is 6.09 Å². The van der Waals surface area contributed by atoms with E-state index in [2.05, 4.69) is 55.6 Å². The number of ether oxygens (including phenoxy) is 2. The van der Waals surface area contributed by atoms with E-state index in [1.807, 2.05) is 18.3 Å². The molecule has 0 radical (unpaired) electrons. The number of hydrogen-bond acceptors (Lipinski definition) is 9. The number of alkyl carbamates (subject to hydrolysis) is 1. The third-order valence-electron chi connectivity index (χ3n) is 5.04. The van der Waals surface area contributed by atoms with Crippen molar-refractivity contribution in [2.24, 2.45) is 5.92 Å². The average molecular weight is 447 g/mol. The zero-order chi connectivity index (χ0) is 22.2. The standard InChI is InChI=1S/C21H30N6O3S/c1-13-10-14(2)18(31-19-16(13)6-5-7-22-19)26-17-11-15(12-29-3)25-20(27-17)23-8-9-24-21(28)30-4/h5-7,11,13-14,18H,8-10,12H2,1-4H3,(H,24,28)(H2,23,25,26,27). The van der Waals surface area contributed by atoms with Crippen molar-refractivity contribution in [2.75, 3.05) is 37.9 Å². The summed E-state index contributed by atoms with van der Waals surface area (Å²) in [5.74, 6) is 2.06. The maximum atomic E-state index is 11.2. The molecule has 3 heterocycles. The van der Waals surface area contributed by atoms with Crippen LogP contribution in [0.1, 0.15) is 37.4 Å². The van der Waals surface area contributed by atoms with Crippen molar-refractivity contribution in [1.29, 1.82) is 0 Å². The summed E-state index contributed by atoms with van der Waals surface area (Å²) in [7, 11) is 2.97. The highest BCUT2D eigenvalue weighted by Gasteiger charge is 2.28. The molecule has 0 bridgehead atoms. The Kier molecular flexibility index (Phi) is 8.30. The van der Waals surface area contributed by atoms with Gasteiger partial charge in [-0.25, -0.2) is 14.8 Å². The minimum absolute atomic E-state index is 0.123. The van der Waals surface area contributed by atoms with E-state index in [4.69, 9.17) is 4.74 Å². The number of nitrogens with zero attached hydrogens (tertiary/aromatic N) is 3. The van der Waals surface area contributed by atoms with E-state index >= 15 is 0 Å². The Morgan fingerprint density at radius 2 is 2.10 bits per heavy atom. The van der Waals surface area contributed by atoms with Crippen LogP contribution in [0.4, 0.5) is 16.6 Å². The number of amides is 1. The maximum Gasteiger partial charge on any atom is 0.406 e. The van der Waals surface area contributed by atoms with Crippen LogP contribution >= 0.6 is 11.8 Å². The first kappa shape index (κ1) is 23.1. The maximum absolute atomic E-state index is 11.2. The minimum Gasteiger partial charge on any atom is -0.453 e. The second-order valence-corrected chi connectivity index (χ2v) is 8.67. The number of anilines is 2. The van der Waals surface area contributed by atoms with Crippen molar-refractivity contribution in [2.45, 2.75) is 43.2 Å². The molecule has 3 N–H and O–H groups in total. The van der Waals surface area contributed by atoms with Gasteiger partial charge in [-0.05, 0) is 29.9 Å². The van der Waals surface area contributed by atoms with Gasteiger partial charge in [0.05, 0.1) is 24.8 Å². The topological polar surface area (TPSA) is 110 Å². The van der Waals surface area contributed by atoms with Crippen molar-refractivity contribution in [1.82, 2.24) is 20.3 Å². The Hall–Kier alpha value is -2.59. The molecule has 31 heavy (non-hydrogen) atoms. The highest BCUT2D eigenvalue weighted by atomic mass is 32.2. The van der Waals surface area contributed by atoms with E-state index in [1.54, 1.807) is 18.9 Å². The molecule has 3 atom stereocenters. The number of aromatic nitrogens is 3. The zero-order valence-electron chi connectivity index (χ0n) is 18.3. The molecule has 168 valence electrons. The summed E-state index contributed by atoms with van der Waals surface area (Å²) in [6, 6.07) is 6.08. The van der Waals surface area contributed by atoms with E-state index in [0.717, 1.165) is 23.0 Å². The largest absolute Gasteiger partial charge is 0.453 e. The number of fused-ring (bicyclic) bond motifs is 1. The van der Waals surface area contributed by atoms with Crippen LogP contribution in [-0.4, -0.2) is 53.7 Å². The normalized spacial score (nSPS) is 20.3. The molecule has 3 unspecified atom stereocenters. The molecule has 3 rings (SSSR count). The molecule has 0 saturated heterocycles. The molecule has 0 fully saturated rings. The fraction of sp³-hybridized carbons (Fsp3) is 0.524. The Labute approximate surface area is 187 Å². The van der Waals surface area contributed by atoms with Crippen molar-refractivity contribution < 1.29 is 14.3 Å². The first-order valence-corrected chi connectivity index (χ1v) is 11.2. The van der Waals surface area contributed by atoms with Crippen LogP contribution in [0.2, 0.25) is 0 Å². The zero-order valence-corrected chi connectivity index (χ0v) is 19.2. The van der Waals surface area contributed by atoms with Crippen LogP contribution in [-0.2, 0) is 16.1 Å². The highest BCUT2D eigenvalue weighted by molar-refractivity contribution is 8.00. The number of carbonyl (C=O) groups excluding carboxylic acids is 1. The number of rotatable bonds is 8. The lowest BCUT2D eigenvalue weighted by Crippen LogP contribution is -2.29. The summed E-state index contributed by atoms with van der Waals surface area (Å²) in [5, 5.41) is 10.5. The van der Waals surface area contributed by atoms with Gasteiger partial charge in [0, 0.05) is 32.5 Å². The van der Waals surface area contributed by atoms with E-state index < -0.39 is 6.09 Å². The molecule has 1 aliphatic heterocycles. The lowest BCUT2D eigenvalue weighted by Gasteiger charge is -2.24. The van der Waals surface area contributed by atoms with Crippen molar-refractivity contribution >= 4 is 29.6 Å². The smallest absolute Gasteiger partial charge is 0.406 e. The summed E-state index contributed by atoms with van der Waals surface area (Å²) in [6.45, 7) is 5.74. The second-order valence-electron chi connectivity index (χ2n) is 7.54. The lowest BCUT2D eigenvalue weighted by molar-refractivity contribution is 0.171. The Morgan fingerprint density at radius 1 is 1.26 bits per heavy atom. The van der Waals surface area contributed by atoms with Crippen LogP contribution in [0.5, 0.6) is 0 Å². The quantitative estimate of drug-likeness (QED) is 0.525. The summed E-state index contributed by atoms with van der Waals surface area (Å²) < 4.78 is 9.83. The molecule has 1 amide bonds. The Balaban J connectivity index is 1.73. The molecule has 10 heteroatoms. The molecule has 2 aromatic rings. The first-order chi connectivity index (χ1) is 15.0. The molecule has 1 aliphatic rings. The monoisotopic (exact) mass is 446 g/mol. The van der Waals surface area contributed by atoms with Crippen LogP contribution < -0.4 is 16.0 Å². The number of hydrogen-bond donors (Lipinski definition) is 3. The van der Waals surface area contributed by atoms with Gasteiger partial charge < -0.3 is 25.4 Å². The predicted molar refractivity (Wildman–Crippen MR) is 121 cm³/mol. The number of methoxy groups -OCH3 is 2. The number of thioether (sulfide) groups is 1. The van der Waals surface area contributed by atoms with Crippen molar-refractivity contribution in [3.63, 3.8) is 0 Å². The van der Waals surface area contributed by atoms with Gasteiger partial charge in [-0.3, -0.25) is 0 Å². The van der Waals surface area contributed by atoms with Gasteiger partial charge in [0.1, 0.15) is 10.8 Å². The summed E-state index contributed by atoms with van der Waals surface area (Å²) in [6.07, 6.45) is 2.43. The van der Waals surface area contributed by atoms with Gasteiger partial charge in [-0.1, -0.05) is 31.7 Å². The fourth-order valence-electron chi connectivity index (χ4n) is 3.52. The minimum atomic E-state index is -0.472. The van der Waals surface area contributed by atoms with Gasteiger partial charge in [0.25, 0.3) is 0 Å². The van der Waals surface area contributed by atoms with Gasteiger partial charge in [-0.2, -0.15) is 4.98 Å². The number of carbonyl (C=O) groups is 1. The fourth-order valence-corrected chi connectivity index (χ4v) is 4.81. The van der Waals surface area contributed by atoms with E-state index in [9.17, 15) is 4.79 Å². The van der Waals surface area contributed by atoms with Crippen LogP contribution in [0, 0.1) is 5.92 Å². The first-order valence-electron chi connectivity index (χ1n) is 10.3. The molecule has 0 aliphatic carbocycles. The van der Waals surface area contributed by atoms with Crippen molar-refractivity contribution in [3.05, 3.63) is 35.7 Å². The van der Waals surface area contributed by atoms with E-state index in [0.29, 0.717) is 37.5 Å². The molecular formula is C21H30N6O3S. The molecule has 0 aromatic carbocycles. The predicted octanol–water partition coefficient (Wildman–Crippen LogP) is 3.46. The summed E-state index contributed by atoms with van der Waals surface area (Å²) >= 11 is 1.74. The molecule has 9 nitrogen and oxygen atoms in total. The summed E-state index contributed by atoms with van der Waals surface area (Å²) in [5.41, 5.74) is 2.06. The van der Waals surface area contributed by atoms with Gasteiger partial charge in [0.2, 0.25) is 5.95 Å². The Morgan fingerprint density at radius 3 is 2.87 bits per heavy atom. The molecule has 0 saturated carbocycles. The lowest BCUT2D eigenvalue weighted by atomic mass is 9.92. The van der Waals surface area contributed by atoms with Crippen molar-refractivity contribution in [3.8, 4) is 0 Å². The molecule has 2 aromatic heterocycles. The van der Waals surface area contributed by atoms with Crippen LogP contribution in [0.25, 0.3) is 0 Å². The Bertz CT molecular complexity index is 884. The third kappa shape index (κ3) is 6.44. The van der Waals surface area contributed by atoms with Crippen LogP contribution in [0.3, 0.4) is 0 Å². The second kappa shape index (κ2) is 11.1. The molecular weight excluding hydrogens is 416 g/mol. The third-order valence-corrected chi connectivity index (χ3v) is 6.44. The average Bonchev–Trinajstić information content (AvgIpc) is 2.87. The van der Waals surface area contributed by atoms with E-state index in [1.165, 1.54) is 12.7 Å². The van der Waals surface area contributed by atoms with E-state index in [-0.39, 0.29) is 5.37 Å². The number of pyridine rings is 1.